The number of fused-ring (bicyclic) bond motifs is 1. The topological polar surface area (TPSA) is 70.7 Å². The number of ether oxygens (including phenoxy) is 1. The first-order valence-corrected chi connectivity index (χ1v) is 7.03. The van der Waals surface area contributed by atoms with Crippen molar-refractivity contribution in [3.8, 4) is 0 Å². The predicted molar refractivity (Wildman–Crippen MR) is 80.4 cm³/mol. The number of rotatable bonds is 5. The Morgan fingerprint density at radius 1 is 1.38 bits per heavy atom. The fourth-order valence-corrected chi connectivity index (χ4v) is 2.50. The van der Waals surface area contributed by atoms with Crippen LogP contribution < -0.4 is 15.5 Å². The Hall–Kier alpha value is -2.08. The summed E-state index contributed by atoms with van der Waals surface area (Å²) < 4.78 is 4.82. The lowest BCUT2D eigenvalue weighted by Gasteiger charge is -2.23. The van der Waals surface area contributed by atoms with E-state index in [1.54, 1.807) is 7.11 Å². The minimum absolute atomic E-state index is 0.176. The second-order valence-corrected chi connectivity index (χ2v) is 5.11. The molecule has 0 saturated heterocycles. The molecule has 0 fully saturated rings. The molecule has 1 aromatic rings. The third kappa shape index (κ3) is 3.95. The van der Waals surface area contributed by atoms with Gasteiger partial charge in [-0.2, -0.15) is 0 Å². The molecule has 0 unspecified atom stereocenters. The molecule has 2 rings (SSSR count). The molecule has 0 saturated carbocycles. The second-order valence-electron chi connectivity index (χ2n) is 5.11. The Morgan fingerprint density at radius 3 is 2.90 bits per heavy atom. The van der Waals surface area contributed by atoms with Gasteiger partial charge < -0.3 is 15.0 Å². The van der Waals surface area contributed by atoms with Gasteiger partial charge in [-0.1, -0.05) is 18.2 Å². The van der Waals surface area contributed by atoms with Gasteiger partial charge in [0.05, 0.1) is 13.2 Å². The summed E-state index contributed by atoms with van der Waals surface area (Å²) in [6.45, 7) is 3.04. The summed E-state index contributed by atoms with van der Waals surface area (Å²) in [7, 11) is 1.55. The van der Waals surface area contributed by atoms with E-state index in [2.05, 4.69) is 23.6 Å². The van der Waals surface area contributed by atoms with E-state index in [0.29, 0.717) is 13.2 Å². The van der Waals surface area contributed by atoms with Crippen LogP contribution in [0.5, 0.6) is 0 Å². The average molecular weight is 291 g/mol. The van der Waals surface area contributed by atoms with E-state index in [9.17, 15) is 9.59 Å². The zero-order valence-electron chi connectivity index (χ0n) is 12.4. The largest absolute Gasteiger partial charge is 0.383 e. The predicted octanol–water partition coefficient (Wildman–Crippen LogP) is 0.910. The number of methoxy groups -OCH3 is 1. The first kappa shape index (κ1) is 15.3. The first-order valence-electron chi connectivity index (χ1n) is 7.03. The number of anilines is 1. The van der Waals surface area contributed by atoms with Gasteiger partial charge in [0.2, 0.25) is 5.91 Å². The molecule has 6 nitrogen and oxygen atoms in total. The molecule has 1 aromatic carbocycles. The van der Waals surface area contributed by atoms with Gasteiger partial charge in [0.1, 0.15) is 0 Å². The third-order valence-electron chi connectivity index (χ3n) is 3.51. The molecule has 0 radical (unpaired) electrons. The highest BCUT2D eigenvalue weighted by Gasteiger charge is 2.27. The summed E-state index contributed by atoms with van der Waals surface area (Å²) >= 11 is 0. The molecule has 1 heterocycles. The quantitative estimate of drug-likeness (QED) is 0.791. The second kappa shape index (κ2) is 7.08. The van der Waals surface area contributed by atoms with Gasteiger partial charge in [0.25, 0.3) is 0 Å². The van der Waals surface area contributed by atoms with Crippen LogP contribution in [0.15, 0.2) is 24.3 Å². The molecular weight excluding hydrogens is 270 g/mol. The van der Waals surface area contributed by atoms with Crippen LogP contribution in [-0.2, 0) is 16.0 Å². The Kier molecular flexibility index (Phi) is 5.16. The number of carbonyl (C=O) groups excluding carboxylic acids is 2. The maximum absolute atomic E-state index is 12.0. The Balaban J connectivity index is 1.87. The van der Waals surface area contributed by atoms with Gasteiger partial charge in [-0.05, 0) is 25.0 Å². The zero-order valence-corrected chi connectivity index (χ0v) is 12.4. The smallest absolute Gasteiger partial charge is 0.321 e. The van der Waals surface area contributed by atoms with Crippen molar-refractivity contribution in [1.29, 1.82) is 0 Å². The molecule has 0 aromatic heterocycles. The number of nitrogens with one attached hydrogen (secondary N) is 2. The summed E-state index contributed by atoms with van der Waals surface area (Å²) in [5.74, 6) is -0.312. The van der Waals surface area contributed by atoms with Gasteiger partial charge in [0, 0.05) is 25.4 Å². The van der Waals surface area contributed by atoms with Crippen molar-refractivity contribution in [2.75, 3.05) is 31.7 Å². The fraction of sp³-hybridized carbons (Fsp3) is 0.467. The number of nitrogens with zero attached hydrogens (tertiary/aromatic N) is 1. The van der Waals surface area contributed by atoms with Gasteiger partial charge in [0.15, 0.2) is 0 Å². The molecule has 1 aliphatic heterocycles. The van der Waals surface area contributed by atoms with Crippen molar-refractivity contribution in [3.63, 3.8) is 0 Å². The Morgan fingerprint density at radius 2 is 2.14 bits per heavy atom. The number of carbonyl (C=O) groups is 2. The van der Waals surface area contributed by atoms with Gasteiger partial charge >= 0.3 is 6.03 Å². The molecule has 0 aliphatic carbocycles. The molecule has 0 bridgehead atoms. The molecule has 21 heavy (non-hydrogen) atoms. The van der Waals surface area contributed by atoms with Crippen molar-refractivity contribution in [2.24, 2.45) is 0 Å². The molecule has 1 aliphatic rings. The molecule has 114 valence electrons. The Labute approximate surface area is 124 Å². The van der Waals surface area contributed by atoms with Crippen LogP contribution in [0.4, 0.5) is 10.5 Å². The average Bonchev–Trinajstić information content (AvgIpc) is 2.75. The van der Waals surface area contributed by atoms with E-state index in [1.807, 2.05) is 23.1 Å². The van der Waals surface area contributed by atoms with Crippen LogP contribution in [0.2, 0.25) is 0 Å². The summed E-state index contributed by atoms with van der Waals surface area (Å²) in [4.78, 5) is 25.5. The van der Waals surface area contributed by atoms with Crippen LogP contribution in [0.1, 0.15) is 12.5 Å². The van der Waals surface area contributed by atoms with Crippen LogP contribution in [0.25, 0.3) is 0 Å². The molecule has 3 amide bonds. The highest BCUT2D eigenvalue weighted by Crippen LogP contribution is 2.31. The van der Waals surface area contributed by atoms with E-state index in [4.69, 9.17) is 4.74 Å². The van der Waals surface area contributed by atoms with E-state index >= 15 is 0 Å². The fourth-order valence-electron chi connectivity index (χ4n) is 2.50. The van der Waals surface area contributed by atoms with Gasteiger partial charge in [-0.15, -0.1) is 0 Å². The summed E-state index contributed by atoms with van der Waals surface area (Å²) in [6.07, 6.45) is 0.920. The third-order valence-corrected chi connectivity index (χ3v) is 3.51. The number of benzene rings is 1. The highest BCUT2D eigenvalue weighted by atomic mass is 16.5. The SMILES string of the molecule is COCCNC(=O)NC(=O)CN1c2ccccc2C[C@@H]1C. The standard InChI is InChI=1S/C15H21N3O3/c1-11-9-12-5-3-4-6-13(12)18(11)10-14(19)17-15(20)16-7-8-21-2/h3-6,11H,7-10H2,1-2H3,(H2,16,17,19,20)/t11-/m0/s1. The minimum Gasteiger partial charge on any atom is -0.383 e. The first-order chi connectivity index (χ1) is 10.1. The molecule has 2 N–H and O–H groups in total. The zero-order chi connectivity index (χ0) is 15.2. The normalized spacial score (nSPS) is 16.5. The lowest BCUT2D eigenvalue weighted by atomic mass is 10.1. The lowest BCUT2D eigenvalue weighted by Crippen LogP contribution is -2.46. The minimum atomic E-state index is -0.489. The maximum atomic E-state index is 12.0. The summed E-state index contributed by atoms with van der Waals surface area (Å²) in [5, 5.41) is 4.89. The number of urea groups is 1. The summed E-state index contributed by atoms with van der Waals surface area (Å²) in [6, 6.07) is 7.80. The van der Waals surface area contributed by atoms with E-state index in [-0.39, 0.29) is 18.5 Å². The molecular formula is C15H21N3O3. The van der Waals surface area contributed by atoms with Crippen LogP contribution >= 0.6 is 0 Å². The monoisotopic (exact) mass is 291 g/mol. The maximum Gasteiger partial charge on any atom is 0.321 e. The van der Waals surface area contributed by atoms with Gasteiger partial charge in [-0.3, -0.25) is 10.1 Å². The van der Waals surface area contributed by atoms with Gasteiger partial charge in [-0.25, -0.2) is 4.79 Å². The van der Waals surface area contributed by atoms with Crippen molar-refractivity contribution in [3.05, 3.63) is 29.8 Å². The molecule has 1 atom stereocenters. The van der Waals surface area contributed by atoms with Crippen molar-refractivity contribution >= 4 is 17.6 Å². The Bertz CT molecular complexity index is 519. The van der Waals surface area contributed by atoms with Crippen LogP contribution in [0.3, 0.4) is 0 Å². The van der Waals surface area contributed by atoms with E-state index in [1.165, 1.54) is 5.56 Å². The van der Waals surface area contributed by atoms with Crippen molar-refractivity contribution in [2.45, 2.75) is 19.4 Å². The van der Waals surface area contributed by atoms with Crippen molar-refractivity contribution in [1.82, 2.24) is 10.6 Å². The van der Waals surface area contributed by atoms with Crippen LogP contribution in [-0.4, -0.2) is 44.8 Å². The summed E-state index contributed by atoms with van der Waals surface area (Å²) in [5.41, 5.74) is 2.31. The van der Waals surface area contributed by atoms with Crippen molar-refractivity contribution < 1.29 is 14.3 Å². The number of hydrogen-bond acceptors (Lipinski definition) is 4. The molecule has 6 heteroatoms. The number of imide groups is 1. The number of para-hydroxylation sites is 1. The number of amides is 3. The molecule has 0 spiro atoms. The van der Waals surface area contributed by atoms with E-state index < -0.39 is 6.03 Å². The highest BCUT2D eigenvalue weighted by molar-refractivity contribution is 5.96. The van der Waals surface area contributed by atoms with E-state index in [0.717, 1.165) is 12.1 Å². The number of hydrogen-bond donors (Lipinski definition) is 2. The van der Waals surface area contributed by atoms with Crippen LogP contribution in [0, 0.1) is 0 Å². The lowest BCUT2D eigenvalue weighted by molar-refractivity contribution is -0.118.